The lowest BCUT2D eigenvalue weighted by Crippen LogP contribution is -2.20. The van der Waals surface area contributed by atoms with Crippen LogP contribution in [0.2, 0.25) is 0 Å². The highest BCUT2D eigenvalue weighted by atomic mass is 32.2. The summed E-state index contributed by atoms with van der Waals surface area (Å²) in [7, 11) is -1.18. The fourth-order valence-corrected chi connectivity index (χ4v) is 4.98. The number of amides is 1. The van der Waals surface area contributed by atoms with E-state index in [4.69, 9.17) is 20.4 Å². The van der Waals surface area contributed by atoms with Gasteiger partial charge in [0.15, 0.2) is 11.4 Å². The van der Waals surface area contributed by atoms with Crippen molar-refractivity contribution in [3.63, 3.8) is 0 Å². The lowest BCUT2D eigenvalue weighted by atomic mass is 10.1. The number of terminal acetylenes is 1. The molecule has 11 nitrogen and oxygen atoms in total. The number of methoxy groups -OCH3 is 2. The zero-order valence-electron chi connectivity index (χ0n) is 20.4. The smallest absolute Gasteiger partial charge is 0.295 e. The first-order valence-electron chi connectivity index (χ1n) is 11.2. The van der Waals surface area contributed by atoms with E-state index in [-0.39, 0.29) is 23.0 Å². The molecular formula is C25H25N5O6S. The van der Waals surface area contributed by atoms with Crippen LogP contribution in [0.1, 0.15) is 23.6 Å². The van der Waals surface area contributed by atoms with Crippen LogP contribution in [0, 0.1) is 12.3 Å². The minimum absolute atomic E-state index is 0.00555. The summed E-state index contributed by atoms with van der Waals surface area (Å²) in [6.07, 6.45) is 9.10. The molecule has 4 aromatic rings. The van der Waals surface area contributed by atoms with Gasteiger partial charge in [0.05, 0.1) is 27.0 Å². The van der Waals surface area contributed by atoms with E-state index < -0.39 is 15.9 Å². The second-order valence-corrected chi connectivity index (χ2v) is 9.67. The van der Waals surface area contributed by atoms with E-state index in [1.54, 1.807) is 41.3 Å². The molecule has 0 atom stereocenters. The zero-order chi connectivity index (χ0) is 26.6. The van der Waals surface area contributed by atoms with Gasteiger partial charge in [-0.2, -0.15) is 5.10 Å². The number of aromatic nitrogens is 3. The van der Waals surface area contributed by atoms with E-state index in [9.17, 15) is 13.2 Å². The number of benzene rings is 2. The third-order valence-corrected chi connectivity index (χ3v) is 6.95. The van der Waals surface area contributed by atoms with E-state index in [0.29, 0.717) is 29.7 Å². The first-order valence-corrected chi connectivity index (χ1v) is 12.7. The monoisotopic (exact) mass is 523 g/mol. The van der Waals surface area contributed by atoms with Crippen molar-refractivity contribution in [1.29, 1.82) is 0 Å². The van der Waals surface area contributed by atoms with Crippen molar-refractivity contribution in [1.82, 2.24) is 20.3 Å². The van der Waals surface area contributed by atoms with E-state index in [2.05, 4.69) is 20.3 Å². The number of aryl methyl sites for hydroxylation is 1. The minimum atomic E-state index is -4.05. The molecule has 12 heteroatoms. The minimum Gasteiger partial charge on any atom is -0.496 e. The molecule has 0 unspecified atom stereocenters. The molecule has 4 rings (SSSR count). The van der Waals surface area contributed by atoms with E-state index in [0.717, 1.165) is 16.7 Å². The first kappa shape index (κ1) is 25.6. The fourth-order valence-electron chi connectivity index (χ4n) is 3.75. The molecule has 2 aromatic heterocycles. The lowest BCUT2D eigenvalue weighted by Gasteiger charge is -2.12. The van der Waals surface area contributed by atoms with Crippen molar-refractivity contribution >= 4 is 32.7 Å². The second kappa shape index (κ2) is 10.6. The highest BCUT2D eigenvalue weighted by Crippen LogP contribution is 2.36. The third kappa shape index (κ3) is 5.52. The van der Waals surface area contributed by atoms with Gasteiger partial charge in [-0.05, 0) is 47.7 Å². The number of hydrogen-bond acceptors (Lipinski definition) is 8. The predicted molar refractivity (Wildman–Crippen MR) is 136 cm³/mol. The van der Waals surface area contributed by atoms with Crippen LogP contribution >= 0.6 is 0 Å². The molecule has 2 N–H and O–H groups in total. The maximum absolute atomic E-state index is 13.3. The van der Waals surface area contributed by atoms with Gasteiger partial charge in [-0.3, -0.25) is 14.2 Å². The van der Waals surface area contributed by atoms with Crippen LogP contribution in [0.5, 0.6) is 11.5 Å². The number of carbonyl (C=O) groups is 1. The highest BCUT2D eigenvalue weighted by Gasteiger charge is 2.25. The fraction of sp³-hybridized carbons (Fsp3) is 0.240. The molecule has 0 radical (unpaired) electrons. The van der Waals surface area contributed by atoms with Crippen molar-refractivity contribution < 1.29 is 27.2 Å². The molecule has 0 saturated heterocycles. The maximum atomic E-state index is 13.3. The Morgan fingerprint density at radius 3 is 2.62 bits per heavy atom. The quantitative estimate of drug-likeness (QED) is 0.303. The number of rotatable bonds is 10. The summed E-state index contributed by atoms with van der Waals surface area (Å²) < 4.78 is 46.9. The number of hydrogen-bond donors (Lipinski definition) is 2. The number of ether oxygens (including phenoxy) is 2. The Morgan fingerprint density at radius 2 is 1.92 bits per heavy atom. The Balaban J connectivity index is 1.61. The lowest BCUT2D eigenvalue weighted by molar-refractivity contribution is -0.115. The largest absolute Gasteiger partial charge is 0.496 e. The normalized spacial score (nSPS) is 11.2. The van der Waals surface area contributed by atoms with E-state index in [1.165, 1.54) is 14.2 Å². The van der Waals surface area contributed by atoms with Gasteiger partial charge in [-0.25, -0.2) is 8.42 Å². The molecule has 0 bridgehead atoms. The van der Waals surface area contributed by atoms with Crippen molar-refractivity contribution in [3.8, 4) is 23.8 Å². The average Bonchev–Trinajstić information content (AvgIpc) is 3.52. The van der Waals surface area contributed by atoms with Gasteiger partial charge in [0, 0.05) is 18.3 Å². The standard InChI is InChI=1S/C25H25N5O6S/c1-5-16-7-8-19(34-3)22(11-16)37(32,33)29-25-24-20(35-4)9-17(10-21(24)36-28-25)14-30-15-18(13-27-30)12-26-23(31)6-2/h2,7-11,13,15H,5,12,14H2,1,3-4H3,(H,26,31)(H,28,29). The summed E-state index contributed by atoms with van der Waals surface area (Å²) in [5.74, 6) is 2.06. The van der Waals surface area contributed by atoms with E-state index >= 15 is 0 Å². The van der Waals surface area contributed by atoms with Crippen LogP contribution in [0.15, 0.2) is 52.1 Å². The average molecular weight is 524 g/mol. The van der Waals surface area contributed by atoms with Crippen LogP contribution < -0.4 is 19.5 Å². The third-order valence-electron chi connectivity index (χ3n) is 5.59. The molecule has 1 amide bonds. The Hall–Kier alpha value is -4.50. The SMILES string of the molecule is C#CC(=O)NCc1cnn(Cc2cc(OC)c3c(NS(=O)(=O)c4cc(CC)ccc4OC)noc3c2)c1. The van der Waals surface area contributed by atoms with Crippen LogP contribution in [0.4, 0.5) is 5.82 Å². The molecule has 0 aliphatic heterocycles. The van der Waals surface area contributed by atoms with Crippen molar-refractivity contribution in [2.75, 3.05) is 18.9 Å². The summed E-state index contributed by atoms with van der Waals surface area (Å²) in [5, 5.41) is 11.2. The van der Waals surface area contributed by atoms with Crippen LogP contribution in [0.3, 0.4) is 0 Å². The number of nitrogens with one attached hydrogen (secondary N) is 2. The molecule has 0 aliphatic carbocycles. The van der Waals surface area contributed by atoms with Crippen LogP contribution in [-0.2, 0) is 34.3 Å². The van der Waals surface area contributed by atoms with Gasteiger partial charge in [0.25, 0.3) is 15.9 Å². The predicted octanol–water partition coefficient (Wildman–Crippen LogP) is 2.70. The zero-order valence-corrected chi connectivity index (χ0v) is 21.3. The Kier molecular flexibility index (Phi) is 7.35. The number of fused-ring (bicyclic) bond motifs is 1. The summed E-state index contributed by atoms with van der Waals surface area (Å²) in [6, 6.07) is 8.46. The summed E-state index contributed by atoms with van der Waals surface area (Å²) in [5.41, 5.74) is 2.72. The summed E-state index contributed by atoms with van der Waals surface area (Å²) in [6.45, 7) is 2.54. The van der Waals surface area contributed by atoms with Gasteiger partial charge in [0.1, 0.15) is 21.8 Å². The van der Waals surface area contributed by atoms with Crippen LogP contribution in [0.25, 0.3) is 11.0 Å². The molecular weight excluding hydrogens is 498 g/mol. The molecule has 0 fully saturated rings. The molecule has 192 valence electrons. The molecule has 2 aromatic carbocycles. The first-order chi connectivity index (χ1) is 17.8. The number of anilines is 1. The van der Waals surface area contributed by atoms with Gasteiger partial charge in [0.2, 0.25) is 0 Å². The van der Waals surface area contributed by atoms with Crippen molar-refractivity contribution in [2.24, 2.45) is 0 Å². The Morgan fingerprint density at radius 1 is 1.14 bits per heavy atom. The topological polar surface area (TPSA) is 138 Å². The molecule has 0 aliphatic rings. The summed E-state index contributed by atoms with van der Waals surface area (Å²) in [4.78, 5) is 11.2. The second-order valence-electron chi connectivity index (χ2n) is 8.02. The number of nitrogens with zero attached hydrogens (tertiary/aromatic N) is 3. The molecule has 37 heavy (non-hydrogen) atoms. The van der Waals surface area contributed by atoms with Crippen molar-refractivity contribution in [2.45, 2.75) is 31.3 Å². The Labute approximate surface area is 213 Å². The molecule has 0 saturated carbocycles. The number of carbonyl (C=O) groups excluding carboxylic acids is 1. The Bertz CT molecular complexity index is 1600. The van der Waals surface area contributed by atoms with E-state index in [1.807, 2.05) is 18.9 Å². The van der Waals surface area contributed by atoms with Crippen LogP contribution in [-0.4, -0.2) is 43.5 Å². The van der Waals surface area contributed by atoms with Gasteiger partial charge in [-0.15, -0.1) is 6.42 Å². The maximum Gasteiger partial charge on any atom is 0.295 e. The van der Waals surface area contributed by atoms with Gasteiger partial charge >= 0.3 is 0 Å². The van der Waals surface area contributed by atoms with Crippen molar-refractivity contribution in [3.05, 3.63) is 59.4 Å². The van der Waals surface area contributed by atoms with Gasteiger partial charge in [-0.1, -0.05) is 18.1 Å². The summed E-state index contributed by atoms with van der Waals surface area (Å²) >= 11 is 0. The molecule has 2 heterocycles. The number of sulfonamides is 1. The van der Waals surface area contributed by atoms with Gasteiger partial charge < -0.3 is 19.3 Å². The highest BCUT2D eigenvalue weighted by molar-refractivity contribution is 7.92. The molecule has 0 spiro atoms.